The molecule has 4 fully saturated rings. The lowest BCUT2D eigenvalue weighted by atomic mass is 9.48. The molecule has 0 aromatic carbocycles. The topological polar surface area (TPSA) is 50.9 Å². The van der Waals surface area contributed by atoms with Crippen molar-refractivity contribution in [2.75, 3.05) is 0 Å². The van der Waals surface area contributed by atoms with E-state index in [2.05, 4.69) is 17.0 Å². The summed E-state index contributed by atoms with van der Waals surface area (Å²) in [6.07, 6.45) is 11.5. The smallest absolute Gasteiger partial charge is 0.138 e. The lowest BCUT2D eigenvalue weighted by molar-refractivity contribution is -0.0758. The molecule has 0 saturated heterocycles. The molecule has 0 spiro atoms. The molecular weight excluding hydrogens is 262 g/mol. The maximum Gasteiger partial charge on any atom is 0.138 e. The summed E-state index contributed by atoms with van der Waals surface area (Å²) in [6, 6.07) is 0. The van der Waals surface area contributed by atoms with Gasteiger partial charge in [0.2, 0.25) is 0 Å². The number of hydrogen-bond acceptors (Lipinski definition) is 3. The Morgan fingerprint density at radius 2 is 1.86 bits per heavy atom. The zero-order valence-electron chi connectivity index (χ0n) is 13.0. The summed E-state index contributed by atoms with van der Waals surface area (Å²) in [6.45, 7) is 2.91. The summed E-state index contributed by atoms with van der Waals surface area (Å²) in [5.74, 6) is 3.82. The van der Waals surface area contributed by atoms with Crippen molar-refractivity contribution in [3.63, 3.8) is 0 Å². The molecule has 1 aromatic heterocycles. The van der Waals surface area contributed by atoms with Crippen molar-refractivity contribution in [2.45, 2.75) is 70.9 Å². The summed E-state index contributed by atoms with van der Waals surface area (Å²) < 4.78 is 1.91. The predicted octanol–water partition coefficient (Wildman–Crippen LogP) is 2.81. The molecule has 4 bridgehead atoms. The van der Waals surface area contributed by atoms with E-state index >= 15 is 0 Å². The SMILES string of the molecule is CCn1ncnc1CC(O)CC12CC3CC(CC(C3)C1)C2. The average Bonchev–Trinajstić information content (AvgIpc) is 2.83. The highest BCUT2D eigenvalue weighted by molar-refractivity contribution is 5.02. The number of aliphatic hydroxyl groups excluding tert-OH is 1. The minimum absolute atomic E-state index is 0.254. The van der Waals surface area contributed by atoms with E-state index in [1.165, 1.54) is 38.5 Å². The van der Waals surface area contributed by atoms with Crippen LogP contribution in [0.25, 0.3) is 0 Å². The lowest BCUT2D eigenvalue weighted by Gasteiger charge is -2.57. The van der Waals surface area contributed by atoms with E-state index < -0.39 is 0 Å². The van der Waals surface area contributed by atoms with Gasteiger partial charge in [0.25, 0.3) is 0 Å². The Morgan fingerprint density at radius 1 is 1.24 bits per heavy atom. The Balaban J connectivity index is 1.43. The fourth-order valence-corrected chi connectivity index (χ4v) is 6.03. The number of aliphatic hydroxyl groups is 1. The largest absolute Gasteiger partial charge is 0.393 e. The molecule has 116 valence electrons. The first-order valence-corrected chi connectivity index (χ1v) is 8.70. The first-order valence-electron chi connectivity index (χ1n) is 8.70. The van der Waals surface area contributed by atoms with Gasteiger partial charge in [-0.2, -0.15) is 5.10 Å². The van der Waals surface area contributed by atoms with Gasteiger partial charge in [0.1, 0.15) is 12.2 Å². The summed E-state index contributed by atoms with van der Waals surface area (Å²) in [4.78, 5) is 4.31. The molecular formula is C17H27N3O. The van der Waals surface area contributed by atoms with Crippen LogP contribution in [0.1, 0.15) is 57.7 Å². The second-order valence-corrected chi connectivity index (χ2v) is 7.97. The van der Waals surface area contributed by atoms with Crippen molar-refractivity contribution in [1.29, 1.82) is 0 Å². The van der Waals surface area contributed by atoms with E-state index in [4.69, 9.17) is 0 Å². The zero-order chi connectivity index (χ0) is 14.4. The van der Waals surface area contributed by atoms with Crippen LogP contribution in [0.4, 0.5) is 0 Å². The monoisotopic (exact) mass is 289 g/mol. The maximum absolute atomic E-state index is 10.6. The molecule has 1 aromatic rings. The predicted molar refractivity (Wildman–Crippen MR) is 80.6 cm³/mol. The molecule has 1 atom stereocenters. The highest BCUT2D eigenvalue weighted by atomic mass is 16.3. The minimum Gasteiger partial charge on any atom is -0.393 e. The molecule has 4 nitrogen and oxygen atoms in total. The molecule has 0 aliphatic heterocycles. The van der Waals surface area contributed by atoms with E-state index in [-0.39, 0.29) is 6.10 Å². The van der Waals surface area contributed by atoms with Crippen molar-refractivity contribution in [2.24, 2.45) is 23.2 Å². The lowest BCUT2D eigenvalue weighted by Crippen LogP contribution is -2.47. The zero-order valence-corrected chi connectivity index (χ0v) is 13.0. The number of rotatable bonds is 5. The molecule has 21 heavy (non-hydrogen) atoms. The second kappa shape index (κ2) is 5.08. The molecule has 1 unspecified atom stereocenters. The van der Waals surface area contributed by atoms with E-state index in [0.29, 0.717) is 11.8 Å². The second-order valence-electron chi connectivity index (χ2n) is 7.97. The van der Waals surface area contributed by atoms with Gasteiger partial charge in [0.15, 0.2) is 0 Å². The molecule has 0 amide bonds. The van der Waals surface area contributed by atoms with Crippen LogP contribution in [0.5, 0.6) is 0 Å². The van der Waals surface area contributed by atoms with Gasteiger partial charge >= 0.3 is 0 Å². The fourth-order valence-electron chi connectivity index (χ4n) is 6.03. The Labute approximate surface area is 127 Å². The van der Waals surface area contributed by atoms with Crippen molar-refractivity contribution in [3.8, 4) is 0 Å². The molecule has 4 aliphatic carbocycles. The quantitative estimate of drug-likeness (QED) is 0.907. The molecule has 1 N–H and O–H groups in total. The average molecular weight is 289 g/mol. The summed E-state index contributed by atoms with van der Waals surface area (Å²) >= 11 is 0. The van der Waals surface area contributed by atoms with Crippen LogP contribution >= 0.6 is 0 Å². The van der Waals surface area contributed by atoms with Crippen molar-refractivity contribution in [3.05, 3.63) is 12.2 Å². The van der Waals surface area contributed by atoms with E-state index in [1.54, 1.807) is 6.33 Å². The van der Waals surface area contributed by atoms with Gasteiger partial charge in [-0.25, -0.2) is 4.98 Å². The normalized spacial score (nSPS) is 38.9. The summed E-state index contributed by atoms with van der Waals surface area (Å²) in [5.41, 5.74) is 0.450. The van der Waals surface area contributed by atoms with Gasteiger partial charge in [-0.3, -0.25) is 4.68 Å². The molecule has 0 radical (unpaired) electrons. The molecule has 4 heteroatoms. The third-order valence-electron chi connectivity index (χ3n) is 6.25. The number of nitrogens with zero attached hydrogens (tertiary/aromatic N) is 3. The van der Waals surface area contributed by atoms with Gasteiger partial charge < -0.3 is 5.11 Å². The van der Waals surface area contributed by atoms with Crippen molar-refractivity contribution in [1.82, 2.24) is 14.8 Å². The third kappa shape index (κ3) is 2.52. The highest BCUT2D eigenvalue weighted by Crippen LogP contribution is 2.61. The Kier molecular flexibility index (Phi) is 3.32. The number of aromatic nitrogens is 3. The van der Waals surface area contributed by atoms with Crippen LogP contribution in [-0.2, 0) is 13.0 Å². The van der Waals surface area contributed by atoms with Gasteiger partial charge in [0.05, 0.1) is 6.10 Å². The van der Waals surface area contributed by atoms with Crippen LogP contribution in [0.2, 0.25) is 0 Å². The number of aryl methyl sites for hydroxylation is 1. The summed E-state index contributed by atoms with van der Waals surface area (Å²) in [7, 11) is 0. The van der Waals surface area contributed by atoms with Crippen LogP contribution in [0.3, 0.4) is 0 Å². The fraction of sp³-hybridized carbons (Fsp3) is 0.882. The van der Waals surface area contributed by atoms with Crippen LogP contribution in [-0.4, -0.2) is 26.0 Å². The van der Waals surface area contributed by atoms with Crippen molar-refractivity contribution < 1.29 is 5.11 Å². The molecule has 4 aliphatic rings. The van der Waals surface area contributed by atoms with Gasteiger partial charge in [-0.15, -0.1) is 0 Å². The van der Waals surface area contributed by atoms with Crippen molar-refractivity contribution >= 4 is 0 Å². The maximum atomic E-state index is 10.6. The molecule has 5 rings (SSSR count). The Hall–Kier alpha value is -0.900. The van der Waals surface area contributed by atoms with Crippen LogP contribution in [0, 0.1) is 23.2 Å². The standard InChI is InChI=1S/C17H27N3O/c1-2-20-16(18-11-19-20)6-15(21)10-17-7-12-3-13(8-17)5-14(4-12)9-17/h11-15,21H,2-10H2,1H3. The Morgan fingerprint density at radius 3 is 2.43 bits per heavy atom. The number of hydrogen-bond donors (Lipinski definition) is 1. The van der Waals surface area contributed by atoms with E-state index in [9.17, 15) is 5.11 Å². The molecule has 1 heterocycles. The summed E-state index contributed by atoms with van der Waals surface area (Å²) in [5, 5.41) is 14.8. The minimum atomic E-state index is -0.254. The Bertz CT molecular complexity index is 475. The van der Waals surface area contributed by atoms with E-state index in [1.807, 2.05) is 4.68 Å². The highest BCUT2D eigenvalue weighted by Gasteiger charge is 2.51. The van der Waals surface area contributed by atoms with Crippen LogP contribution < -0.4 is 0 Å². The first kappa shape index (κ1) is 13.7. The van der Waals surface area contributed by atoms with Gasteiger partial charge in [0, 0.05) is 13.0 Å². The van der Waals surface area contributed by atoms with Gasteiger partial charge in [-0.1, -0.05) is 0 Å². The molecule has 4 saturated carbocycles. The van der Waals surface area contributed by atoms with Gasteiger partial charge in [-0.05, 0) is 75.0 Å². The first-order chi connectivity index (χ1) is 10.2. The van der Waals surface area contributed by atoms with E-state index in [0.717, 1.165) is 36.5 Å². The third-order valence-corrected chi connectivity index (χ3v) is 6.25. The van der Waals surface area contributed by atoms with Crippen LogP contribution in [0.15, 0.2) is 6.33 Å².